The van der Waals surface area contributed by atoms with Crippen LogP contribution in [0.5, 0.6) is 0 Å². The van der Waals surface area contributed by atoms with Gasteiger partial charge in [-0.05, 0) is 37.7 Å². The molecule has 1 aromatic carbocycles. The van der Waals surface area contributed by atoms with Crippen LogP contribution in [0.25, 0.3) is 0 Å². The molecule has 2 rings (SSSR count). The van der Waals surface area contributed by atoms with E-state index < -0.39 is 0 Å². The van der Waals surface area contributed by atoms with Crippen LogP contribution in [0.3, 0.4) is 0 Å². The molecule has 1 heterocycles. The van der Waals surface area contributed by atoms with Gasteiger partial charge in [0.15, 0.2) is 5.17 Å². The Balaban J connectivity index is 1.92. The van der Waals surface area contributed by atoms with E-state index >= 15 is 0 Å². The summed E-state index contributed by atoms with van der Waals surface area (Å²) in [5.41, 5.74) is 1.79. The maximum atomic E-state index is 4.87. The van der Waals surface area contributed by atoms with Crippen molar-refractivity contribution in [2.75, 3.05) is 5.75 Å². The summed E-state index contributed by atoms with van der Waals surface area (Å²) in [4.78, 5) is 4.87. The van der Waals surface area contributed by atoms with Gasteiger partial charge in [-0.25, -0.2) is 0 Å². The number of aliphatic imine (C=N–C) groups is 1. The van der Waals surface area contributed by atoms with E-state index in [1.165, 1.54) is 5.56 Å². The monoisotopic (exact) mass is 304 g/mol. The Labute approximate surface area is 133 Å². The molecule has 1 atom stereocenters. The molecule has 116 valence electrons. The largest absolute Gasteiger partial charge is 0.360 e. The Morgan fingerprint density at radius 2 is 1.81 bits per heavy atom. The minimum atomic E-state index is 0.0890. The lowest BCUT2D eigenvalue weighted by molar-refractivity contribution is 0.268. The zero-order valence-electron chi connectivity index (χ0n) is 13.9. The third-order valence-corrected chi connectivity index (χ3v) is 4.48. The lowest BCUT2D eigenvalue weighted by Gasteiger charge is -2.33. The normalized spacial score (nSPS) is 19.5. The first kappa shape index (κ1) is 16.4. The van der Waals surface area contributed by atoms with Crippen molar-refractivity contribution >= 4 is 16.9 Å². The average molecular weight is 305 g/mol. The van der Waals surface area contributed by atoms with Crippen molar-refractivity contribution in [3.8, 4) is 0 Å². The topological polar surface area (TPSA) is 24.4 Å². The van der Waals surface area contributed by atoms with Gasteiger partial charge in [-0.2, -0.15) is 0 Å². The summed E-state index contributed by atoms with van der Waals surface area (Å²) >= 11 is 1.86. The molecule has 1 unspecified atom stereocenters. The molecule has 0 aromatic heterocycles. The molecule has 21 heavy (non-hydrogen) atoms. The van der Waals surface area contributed by atoms with Crippen LogP contribution in [-0.4, -0.2) is 22.5 Å². The first-order chi connectivity index (χ1) is 9.73. The highest BCUT2D eigenvalue weighted by atomic mass is 32.2. The number of hydrogen-bond donors (Lipinski definition) is 1. The van der Waals surface area contributed by atoms with Crippen LogP contribution >= 0.6 is 11.8 Å². The number of rotatable bonds is 4. The van der Waals surface area contributed by atoms with Crippen molar-refractivity contribution < 1.29 is 0 Å². The number of nitrogens with zero attached hydrogens (tertiary/aromatic N) is 1. The molecule has 0 fully saturated rings. The van der Waals surface area contributed by atoms with E-state index in [9.17, 15) is 0 Å². The van der Waals surface area contributed by atoms with Gasteiger partial charge >= 0.3 is 0 Å². The van der Waals surface area contributed by atoms with Crippen molar-refractivity contribution in [3.05, 3.63) is 35.9 Å². The Morgan fingerprint density at radius 3 is 2.43 bits per heavy atom. The molecular weight excluding hydrogens is 276 g/mol. The quantitative estimate of drug-likeness (QED) is 0.885. The predicted octanol–water partition coefficient (Wildman–Crippen LogP) is 4.50. The first-order valence-electron chi connectivity index (χ1n) is 7.76. The van der Waals surface area contributed by atoms with Gasteiger partial charge in [0.25, 0.3) is 0 Å². The summed E-state index contributed by atoms with van der Waals surface area (Å²) in [6.07, 6.45) is 2.17. The fraction of sp³-hybridized carbons (Fsp3) is 0.611. The van der Waals surface area contributed by atoms with Crippen molar-refractivity contribution in [2.24, 2.45) is 10.4 Å². The van der Waals surface area contributed by atoms with Crippen LogP contribution in [0.4, 0.5) is 0 Å². The minimum absolute atomic E-state index is 0.0890. The molecule has 0 saturated heterocycles. The maximum Gasteiger partial charge on any atom is 0.157 e. The number of benzene rings is 1. The summed E-state index contributed by atoms with van der Waals surface area (Å²) in [6, 6.07) is 11.1. The molecule has 1 aliphatic heterocycles. The number of hydrogen-bond acceptors (Lipinski definition) is 3. The number of thioether (sulfide) groups is 1. The summed E-state index contributed by atoms with van der Waals surface area (Å²) in [5.74, 6) is 1.09. The van der Waals surface area contributed by atoms with Gasteiger partial charge < -0.3 is 5.32 Å². The van der Waals surface area contributed by atoms with E-state index in [1.807, 2.05) is 11.8 Å². The van der Waals surface area contributed by atoms with Crippen molar-refractivity contribution in [1.82, 2.24) is 5.32 Å². The van der Waals surface area contributed by atoms with Crippen LogP contribution in [0.15, 0.2) is 35.3 Å². The minimum Gasteiger partial charge on any atom is -0.360 e. The summed E-state index contributed by atoms with van der Waals surface area (Å²) in [5, 5.41) is 4.76. The molecule has 0 saturated carbocycles. The fourth-order valence-corrected chi connectivity index (χ4v) is 4.25. The van der Waals surface area contributed by atoms with Crippen LogP contribution in [0.1, 0.15) is 46.6 Å². The zero-order valence-corrected chi connectivity index (χ0v) is 14.8. The highest BCUT2D eigenvalue weighted by Crippen LogP contribution is 2.29. The Hall–Kier alpha value is -0.960. The van der Waals surface area contributed by atoms with E-state index in [0.29, 0.717) is 11.5 Å². The van der Waals surface area contributed by atoms with Gasteiger partial charge in [-0.1, -0.05) is 62.9 Å². The third-order valence-electron chi connectivity index (χ3n) is 3.44. The Bertz CT molecular complexity index is 486. The van der Waals surface area contributed by atoms with Crippen LogP contribution < -0.4 is 5.32 Å². The molecule has 1 aliphatic rings. The fourth-order valence-electron chi connectivity index (χ4n) is 3.13. The number of amidine groups is 1. The molecule has 1 aromatic rings. The molecule has 2 nitrogen and oxygen atoms in total. The molecular formula is C18H28N2S. The summed E-state index contributed by atoms with van der Waals surface area (Å²) < 4.78 is 0. The lowest BCUT2D eigenvalue weighted by atomic mass is 9.82. The SMILES string of the molecule is CC(C)(C)CC(C)(C)NC1=NC(Cc2ccccc2)CS1. The van der Waals surface area contributed by atoms with E-state index in [4.69, 9.17) is 4.99 Å². The smallest absolute Gasteiger partial charge is 0.157 e. The summed E-state index contributed by atoms with van der Waals surface area (Å²) in [6.45, 7) is 11.4. The summed E-state index contributed by atoms with van der Waals surface area (Å²) in [7, 11) is 0. The van der Waals surface area contributed by atoms with Gasteiger partial charge in [0, 0.05) is 11.3 Å². The first-order valence-corrected chi connectivity index (χ1v) is 8.75. The maximum absolute atomic E-state index is 4.87. The second kappa shape index (κ2) is 6.43. The average Bonchev–Trinajstić information content (AvgIpc) is 2.73. The molecule has 0 radical (unpaired) electrons. The highest BCUT2D eigenvalue weighted by molar-refractivity contribution is 8.14. The second-order valence-electron chi connectivity index (χ2n) is 7.84. The molecule has 0 aliphatic carbocycles. The van der Waals surface area contributed by atoms with E-state index in [1.54, 1.807) is 0 Å². The molecule has 0 amide bonds. The zero-order chi connectivity index (χ0) is 15.5. The van der Waals surface area contributed by atoms with E-state index in [0.717, 1.165) is 23.8 Å². The van der Waals surface area contributed by atoms with Crippen molar-refractivity contribution in [3.63, 3.8) is 0 Å². The molecule has 1 N–H and O–H groups in total. The molecule has 3 heteroatoms. The van der Waals surface area contributed by atoms with Crippen molar-refractivity contribution in [1.29, 1.82) is 0 Å². The Kier molecular flexibility index (Phi) is 5.03. The number of nitrogens with one attached hydrogen (secondary N) is 1. The molecule has 0 bridgehead atoms. The third kappa shape index (κ3) is 5.74. The predicted molar refractivity (Wildman–Crippen MR) is 95.1 cm³/mol. The Morgan fingerprint density at radius 1 is 1.14 bits per heavy atom. The van der Waals surface area contributed by atoms with Gasteiger partial charge in [0.1, 0.15) is 0 Å². The highest BCUT2D eigenvalue weighted by Gasteiger charge is 2.28. The van der Waals surface area contributed by atoms with Gasteiger partial charge in [0.05, 0.1) is 6.04 Å². The van der Waals surface area contributed by atoms with Crippen LogP contribution in [0, 0.1) is 5.41 Å². The van der Waals surface area contributed by atoms with Gasteiger partial charge in [-0.15, -0.1) is 0 Å². The standard InChI is InChI=1S/C18H28N2S/c1-17(2,3)13-18(4,5)20-16-19-15(12-21-16)11-14-9-7-6-8-10-14/h6-10,15H,11-13H2,1-5H3,(H,19,20). The van der Waals surface area contributed by atoms with Gasteiger partial charge in [-0.3, -0.25) is 4.99 Å². The molecule has 0 spiro atoms. The van der Waals surface area contributed by atoms with Crippen molar-refractivity contribution in [2.45, 2.75) is 59.0 Å². The van der Waals surface area contributed by atoms with Gasteiger partial charge in [0.2, 0.25) is 0 Å². The second-order valence-corrected chi connectivity index (χ2v) is 8.84. The van der Waals surface area contributed by atoms with E-state index in [2.05, 4.69) is 70.3 Å². The lowest BCUT2D eigenvalue weighted by Crippen LogP contribution is -2.44. The van der Waals surface area contributed by atoms with Crippen LogP contribution in [0.2, 0.25) is 0 Å². The van der Waals surface area contributed by atoms with Crippen LogP contribution in [-0.2, 0) is 6.42 Å². The van der Waals surface area contributed by atoms with E-state index in [-0.39, 0.29) is 5.54 Å².